The lowest BCUT2D eigenvalue weighted by Crippen LogP contribution is -2.24. The van der Waals surface area contributed by atoms with Gasteiger partial charge in [-0.25, -0.2) is 0 Å². The summed E-state index contributed by atoms with van der Waals surface area (Å²) in [7, 11) is 0. The van der Waals surface area contributed by atoms with Crippen LogP contribution in [0.5, 0.6) is 0 Å². The summed E-state index contributed by atoms with van der Waals surface area (Å²) in [4.78, 5) is 0. The first-order valence-electron chi connectivity index (χ1n) is 5.53. The minimum Gasteiger partial charge on any atom is -0.327 e. The summed E-state index contributed by atoms with van der Waals surface area (Å²) in [5.74, 6) is 0.506. The molecule has 0 saturated heterocycles. The molecule has 1 aliphatic rings. The van der Waals surface area contributed by atoms with E-state index in [1.165, 1.54) is 21.9 Å². The largest absolute Gasteiger partial charge is 0.327 e. The van der Waals surface area contributed by atoms with Crippen LogP contribution in [0.2, 0.25) is 0 Å². The molecule has 0 radical (unpaired) electrons. The predicted molar refractivity (Wildman–Crippen MR) is 64.0 cm³/mol. The van der Waals surface area contributed by atoms with Crippen molar-refractivity contribution in [1.82, 2.24) is 0 Å². The summed E-state index contributed by atoms with van der Waals surface area (Å²) in [6.07, 6.45) is 1.11. The van der Waals surface area contributed by atoms with Gasteiger partial charge in [-0.1, -0.05) is 36.4 Å². The van der Waals surface area contributed by atoms with Crippen LogP contribution in [0, 0.1) is 0 Å². The number of nitrogens with two attached hydrogens (primary N) is 1. The van der Waals surface area contributed by atoms with Gasteiger partial charge in [-0.05, 0) is 35.2 Å². The Hall–Kier alpha value is -1.34. The third-order valence-corrected chi connectivity index (χ3v) is 3.50. The zero-order valence-corrected chi connectivity index (χ0v) is 8.90. The van der Waals surface area contributed by atoms with Crippen molar-refractivity contribution in [1.29, 1.82) is 0 Å². The second-order valence-electron chi connectivity index (χ2n) is 4.53. The van der Waals surface area contributed by atoms with Gasteiger partial charge in [0.2, 0.25) is 0 Å². The lowest BCUT2D eigenvalue weighted by molar-refractivity contribution is 0.583. The molecule has 0 aromatic heterocycles. The quantitative estimate of drug-likeness (QED) is 0.747. The Morgan fingerprint density at radius 2 is 1.93 bits per heavy atom. The second kappa shape index (κ2) is 3.07. The van der Waals surface area contributed by atoms with Gasteiger partial charge in [0.05, 0.1) is 0 Å². The van der Waals surface area contributed by atoms with Crippen molar-refractivity contribution in [3.05, 3.63) is 47.5 Å². The molecule has 2 aromatic rings. The maximum Gasteiger partial charge on any atom is 0.00827 e. The summed E-state index contributed by atoms with van der Waals surface area (Å²) in [6.45, 7) is 2.11. The van der Waals surface area contributed by atoms with Crippen LogP contribution in [0.1, 0.15) is 24.0 Å². The van der Waals surface area contributed by atoms with Crippen LogP contribution in [0.3, 0.4) is 0 Å². The highest BCUT2D eigenvalue weighted by atomic mass is 14.6. The first-order chi connectivity index (χ1) is 7.27. The zero-order valence-electron chi connectivity index (χ0n) is 8.90. The van der Waals surface area contributed by atoms with Crippen molar-refractivity contribution in [3.8, 4) is 0 Å². The first-order valence-corrected chi connectivity index (χ1v) is 5.53. The van der Waals surface area contributed by atoms with Gasteiger partial charge >= 0.3 is 0 Å². The molecule has 3 rings (SSSR count). The summed E-state index contributed by atoms with van der Waals surface area (Å²) in [5, 5.41) is 2.80. The van der Waals surface area contributed by atoms with E-state index in [-0.39, 0.29) is 6.04 Å². The van der Waals surface area contributed by atoms with E-state index >= 15 is 0 Å². The molecule has 1 aliphatic carbocycles. The van der Waals surface area contributed by atoms with E-state index in [1.807, 2.05) is 0 Å². The summed E-state index contributed by atoms with van der Waals surface area (Å²) in [6, 6.07) is 13.4. The molecule has 2 N–H and O–H groups in total. The average molecular weight is 197 g/mol. The van der Waals surface area contributed by atoms with Gasteiger partial charge in [-0.2, -0.15) is 0 Å². The second-order valence-corrected chi connectivity index (χ2v) is 4.53. The standard InChI is InChI=1S/C14H15N/c1-9(15)13-8-11-6-2-4-10-5-3-7-12(13)14(10)11/h2-7,9,13H,8,15H2,1H3. The van der Waals surface area contributed by atoms with E-state index in [0.717, 1.165) is 6.42 Å². The number of benzene rings is 2. The van der Waals surface area contributed by atoms with Crippen LogP contribution in [-0.4, -0.2) is 6.04 Å². The van der Waals surface area contributed by atoms with Gasteiger partial charge in [-0.3, -0.25) is 0 Å². The molecule has 1 heteroatoms. The predicted octanol–water partition coefficient (Wildman–Crippen LogP) is 2.83. The fraction of sp³-hybridized carbons (Fsp3) is 0.286. The van der Waals surface area contributed by atoms with Crippen LogP contribution in [0.25, 0.3) is 10.8 Å². The van der Waals surface area contributed by atoms with Gasteiger partial charge in [-0.15, -0.1) is 0 Å². The summed E-state index contributed by atoms with van der Waals surface area (Å²) >= 11 is 0. The number of rotatable bonds is 1. The lowest BCUT2D eigenvalue weighted by Gasteiger charge is -2.15. The Labute approximate surface area is 89.9 Å². The summed E-state index contributed by atoms with van der Waals surface area (Å²) < 4.78 is 0. The van der Waals surface area contributed by atoms with E-state index < -0.39 is 0 Å². The summed E-state index contributed by atoms with van der Waals surface area (Å²) in [5.41, 5.74) is 8.96. The minimum absolute atomic E-state index is 0.239. The average Bonchev–Trinajstić information content (AvgIpc) is 2.61. The van der Waals surface area contributed by atoms with Gasteiger partial charge in [0.1, 0.15) is 0 Å². The van der Waals surface area contributed by atoms with Crippen LogP contribution >= 0.6 is 0 Å². The third kappa shape index (κ3) is 1.20. The van der Waals surface area contributed by atoms with Crippen molar-refractivity contribution in [2.24, 2.45) is 5.73 Å². The molecule has 1 nitrogen and oxygen atoms in total. The molecular formula is C14H15N. The Morgan fingerprint density at radius 1 is 1.20 bits per heavy atom. The van der Waals surface area contributed by atoms with Crippen molar-refractivity contribution >= 4 is 10.8 Å². The number of hydrogen-bond acceptors (Lipinski definition) is 1. The Kier molecular flexibility index (Phi) is 1.83. The highest BCUT2D eigenvalue weighted by Gasteiger charge is 2.26. The molecule has 76 valence electrons. The van der Waals surface area contributed by atoms with Crippen molar-refractivity contribution < 1.29 is 0 Å². The van der Waals surface area contributed by atoms with Gasteiger partial charge in [0, 0.05) is 12.0 Å². The van der Waals surface area contributed by atoms with Crippen molar-refractivity contribution in [2.45, 2.75) is 25.3 Å². The first kappa shape index (κ1) is 8.93. The molecule has 0 amide bonds. The third-order valence-electron chi connectivity index (χ3n) is 3.50. The zero-order chi connectivity index (χ0) is 10.4. The molecule has 0 fully saturated rings. The fourth-order valence-electron chi connectivity index (χ4n) is 2.74. The maximum absolute atomic E-state index is 6.05. The molecule has 2 atom stereocenters. The molecule has 15 heavy (non-hydrogen) atoms. The molecule has 0 heterocycles. The Bertz CT molecular complexity index is 508. The SMILES string of the molecule is CC(N)C1Cc2cccc3cccc1c23. The molecular weight excluding hydrogens is 182 g/mol. The molecule has 2 aromatic carbocycles. The smallest absolute Gasteiger partial charge is 0.00827 e. The van der Waals surface area contributed by atoms with E-state index in [4.69, 9.17) is 5.73 Å². The van der Waals surface area contributed by atoms with Crippen LogP contribution in [-0.2, 0) is 6.42 Å². The number of hydrogen-bond donors (Lipinski definition) is 1. The van der Waals surface area contributed by atoms with Crippen LogP contribution in [0.15, 0.2) is 36.4 Å². The van der Waals surface area contributed by atoms with Crippen LogP contribution in [0.4, 0.5) is 0 Å². The van der Waals surface area contributed by atoms with E-state index in [1.54, 1.807) is 0 Å². The molecule has 0 aliphatic heterocycles. The van der Waals surface area contributed by atoms with Gasteiger partial charge < -0.3 is 5.73 Å². The van der Waals surface area contributed by atoms with Gasteiger partial charge in [0.25, 0.3) is 0 Å². The molecule has 0 spiro atoms. The molecule has 0 bridgehead atoms. The molecule has 2 unspecified atom stereocenters. The normalized spacial score (nSPS) is 20.8. The highest BCUT2D eigenvalue weighted by Crippen LogP contribution is 2.39. The highest BCUT2D eigenvalue weighted by molar-refractivity contribution is 5.91. The monoisotopic (exact) mass is 197 g/mol. The molecule has 0 saturated carbocycles. The minimum atomic E-state index is 0.239. The maximum atomic E-state index is 6.05. The van der Waals surface area contributed by atoms with E-state index in [2.05, 4.69) is 43.3 Å². The van der Waals surface area contributed by atoms with Crippen molar-refractivity contribution in [3.63, 3.8) is 0 Å². The fourth-order valence-corrected chi connectivity index (χ4v) is 2.74. The Morgan fingerprint density at radius 3 is 2.67 bits per heavy atom. The van der Waals surface area contributed by atoms with E-state index in [0.29, 0.717) is 5.92 Å². The lowest BCUT2D eigenvalue weighted by atomic mass is 9.94. The topological polar surface area (TPSA) is 26.0 Å². The Balaban J connectivity index is 2.31. The van der Waals surface area contributed by atoms with Crippen LogP contribution < -0.4 is 5.73 Å². The van der Waals surface area contributed by atoms with Crippen molar-refractivity contribution in [2.75, 3.05) is 0 Å². The van der Waals surface area contributed by atoms with Gasteiger partial charge in [0.15, 0.2) is 0 Å². The van der Waals surface area contributed by atoms with E-state index in [9.17, 15) is 0 Å².